The van der Waals surface area contributed by atoms with Gasteiger partial charge >= 0.3 is 0 Å². The van der Waals surface area contributed by atoms with E-state index >= 15 is 0 Å². The highest BCUT2D eigenvalue weighted by molar-refractivity contribution is 6.30. The number of nitrogens with zero attached hydrogens (tertiary/aromatic N) is 5. The first-order valence-electron chi connectivity index (χ1n) is 11.6. The van der Waals surface area contributed by atoms with E-state index in [1.54, 1.807) is 4.68 Å². The van der Waals surface area contributed by atoms with Gasteiger partial charge in [-0.25, -0.2) is 4.68 Å². The van der Waals surface area contributed by atoms with Gasteiger partial charge in [0.05, 0.1) is 18.4 Å². The summed E-state index contributed by atoms with van der Waals surface area (Å²) >= 11 is 5.94. The van der Waals surface area contributed by atoms with E-state index in [1.807, 2.05) is 48.7 Å². The summed E-state index contributed by atoms with van der Waals surface area (Å²) in [5, 5.41) is 11.9. The second-order valence-corrected chi connectivity index (χ2v) is 8.99. The number of anilines is 1. The first-order valence-corrected chi connectivity index (χ1v) is 12.0. The second-order valence-electron chi connectivity index (χ2n) is 8.56. The van der Waals surface area contributed by atoms with Gasteiger partial charge in [-0.2, -0.15) is 0 Å². The third kappa shape index (κ3) is 6.09. The van der Waals surface area contributed by atoms with Gasteiger partial charge in [-0.3, -0.25) is 9.69 Å². The third-order valence-corrected chi connectivity index (χ3v) is 6.27. The first-order chi connectivity index (χ1) is 17.1. The van der Waals surface area contributed by atoms with Crippen LogP contribution in [-0.4, -0.2) is 52.0 Å². The zero-order valence-corrected chi connectivity index (χ0v) is 20.1. The van der Waals surface area contributed by atoms with E-state index in [2.05, 4.69) is 49.7 Å². The molecule has 0 radical (unpaired) electrons. The Morgan fingerprint density at radius 2 is 1.74 bits per heavy atom. The maximum absolute atomic E-state index is 12.4. The van der Waals surface area contributed by atoms with Crippen LogP contribution in [0.3, 0.4) is 0 Å². The van der Waals surface area contributed by atoms with Gasteiger partial charge in [0.25, 0.3) is 0 Å². The molecule has 1 aliphatic rings. The third-order valence-electron chi connectivity index (χ3n) is 6.02. The molecule has 1 amide bonds. The summed E-state index contributed by atoms with van der Waals surface area (Å²) in [6, 6.07) is 21.7. The number of amides is 1. The summed E-state index contributed by atoms with van der Waals surface area (Å²) in [5.41, 5.74) is 3.06. The Balaban J connectivity index is 1.06. The fourth-order valence-corrected chi connectivity index (χ4v) is 4.28. The monoisotopic (exact) mass is 490 g/mol. The number of carbonyl (C=O) groups is 1. The summed E-state index contributed by atoms with van der Waals surface area (Å²) in [6.07, 6.45) is 1.84. The van der Waals surface area contributed by atoms with Gasteiger partial charge < -0.3 is 14.6 Å². The SMILES string of the molecule is O=C(Cn1cc(CN2CCN(c3ccccc3)CC2)nn1)NCc1ccc(-c2ccc(Cl)cc2)o1. The number of halogens is 1. The molecule has 0 unspecified atom stereocenters. The van der Waals surface area contributed by atoms with Crippen molar-refractivity contribution in [3.63, 3.8) is 0 Å². The molecule has 8 nitrogen and oxygen atoms in total. The zero-order valence-electron chi connectivity index (χ0n) is 19.3. The van der Waals surface area contributed by atoms with Crippen LogP contribution in [0.5, 0.6) is 0 Å². The Morgan fingerprint density at radius 3 is 2.51 bits per heavy atom. The Bertz CT molecular complexity index is 1250. The van der Waals surface area contributed by atoms with Crippen molar-refractivity contribution >= 4 is 23.2 Å². The minimum atomic E-state index is -0.151. The molecule has 5 rings (SSSR count). The Labute approximate surface area is 209 Å². The molecule has 0 saturated carbocycles. The number of hydrogen-bond donors (Lipinski definition) is 1. The van der Waals surface area contributed by atoms with Gasteiger partial charge in [-0.15, -0.1) is 5.10 Å². The van der Waals surface area contributed by atoms with Crippen LogP contribution in [0.15, 0.2) is 77.3 Å². The largest absolute Gasteiger partial charge is 0.459 e. The summed E-state index contributed by atoms with van der Waals surface area (Å²) < 4.78 is 7.41. The topological polar surface area (TPSA) is 79.4 Å². The predicted molar refractivity (Wildman–Crippen MR) is 135 cm³/mol. The van der Waals surface area contributed by atoms with Crippen molar-refractivity contribution in [1.29, 1.82) is 0 Å². The van der Waals surface area contributed by atoms with E-state index in [0.29, 0.717) is 17.3 Å². The molecule has 2 aromatic heterocycles. The van der Waals surface area contributed by atoms with Crippen molar-refractivity contribution in [3.05, 3.63) is 89.4 Å². The van der Waals surface area contributed by atoms with E-state index in [1.165, 1.54) is 5.69 Å². The average Bonchev–Trinajstić information content (AvgIpc) is 3.54. The number of carbonyl (C=O) groups excluding carboxylic acids is 1. The van der Waals surface area contributed by atoms with Crippen molar-refractivity contribution in [2.24, 2.45) is 0 Å². The molecule has 0 atom stereocenters. The average molecular weight is 491 g/mol. The highest BCUT2D eigenvalue weighted by atomic mass is 35.5. The van der Waals surface area contributed by atoms with Crippen LogP contribution in [0.2, 0.25) is 5.02 Å². The summed E-state index contributed by atoms with van der Waals surface area (Å²) in [5.74, 6) is 1.26. The lowest BCUT2D eigenvalue weighted by molar-refractivity contribution is -0.122. The van der Waals surface area contributed by atoms with Crippen LogP contribution in [0.1, 0.15) is 11.5 Å². The minimum Gasteiger partial charge on any atom is -0.459 e. The lowest BCUT2D eigenvalue weighted by Gasteiger charge is -2.35. The molecule has 1 aliphatic heterocycles. The lowest BCUT2D eigenvalue weighted by Crippen LogP contribution is -2.46. The molecule has 0 aliphatic carbocycles. The molecule has 9 heteroatoms. The van der Waals surface area contributed by atoms with Crippen LogP contribution in [0.4, 0.5) is 5.69 Å². The first kappa shape index (κ1) is 23.1. The fourth-order valence-electron chi connectivity index (χ4n) is 4.15. The van der Waals surface area contributed by atoms with E-state index in [4.69, 9.17) is 16.0 Å². The molecular weight excluding hydrogens is 464 g/mol. The molecule has 3 heterocycles. The molecule has 35 heavy (non-hydrogen) atoms. The normalized spacial score (nSPS) is 14.3. The van der Waals surface area contributed by atoms with Crippen LogP contribution in [0, 0.1) is 0 Å². The van der Waals surface area contributed by atoms with Crippen molar-refractivity contribution in [3.8, 4) is 11.3 Å². The molecule has 0 bridgehead atoms. The standard InChI is InChI=1S/C26H27ClN6O2/c27-21-8-6-20(7-9-21)25-11-10-24(35-25)16-28-26(34)19-33-18-22(29-30-33)17-31-12-14-32(15-13-31)23-4-2-1-3-5-23/h1-11,18H,12-17,19H2,(H,28,34). The van der Waals surface area contributed by atoms with Gasteiger partial charge in [-0.1, -0.05) is 35.0 Å². The van der Waals surface area contributed by atoms with E-state index in [9.17, 15) is 4.79 Å². The Kier molecular flexibility index (Phi) is 7.11. The number of nitrogens with one attached hydrogen (secondary N) is 1. The number of rotatable bonds is 8. The van der Waals surface area contributed by atoms with Gasteiger partial charge in [0, 0.05) is 49.0 Å². The molecule has 2 aromatic carbocycles. The zero-order chi connectivity index (χ0) is 24.0. The fraction of sp³-hybridized carbons (Fsp3) is 0.269. The highest BCUT2D eigenvalue weighted by Crippen LogP contribution is 2.23. The molecule has 0 spiro atoms. The van der Waals surface area contributed by atoms with Crippen molar-refractivity contribution in [2.45, 2.75) is 19.6 Å². The predicted octanol–water partition coefficient (Wildman–Crippen LogP) is 3.83. The molecule has 1 saturated heterocycles. The number of piperazine rings is 1. The van der Waals surface area contributed by atoms with E-state index in [0.717, 1.165) is 49.7 Å². The van der Waals surface area contributed by atoms with Gasteiger partial charge in [0.15, 0.2) is 0 Å². The number of hydrogen-bond acceptors (Lipinski definition) is 6. The Hall–Kier alpha value is -3.62. The molecule has 1 N–H and O–H groups in total. The van der Waals surface area contributed by atoms with Crippen LogP contribution in [0.25, 0.3) is 11.3 Å². The van der Waals surface area contributed by atoms with Crippen molar-refractivity contribution < 1.29 is 9.21 Å². The lowest BCUT2D eigenvalue weighted by atomic mass is 10.2. The number of para-hydroxylation sites is 1. The van der Waals surface area contributed by atoms with Crippen LogP contribution in [-0.2, 0) is 24.4 Å². The molecule has 4 aromatic rings. The number of aromatic nitrogens is 3. The maximum Gasteiger partial charge on any atom is 0.242 e. The van der Waals surface area contributed by atoms with Crippen LogP contribution >= 0.6 is 11.6 Å². The van der Waals surface area contributed by atoms with Gasteiger partial charge in [-0.05, 0) is 48.5 Å². The van der Waals surface area contributed by atoms with E-state index < -0.39 is 0 Å². The smallest absolute Gasteiger partial charge is 0.242 e. The summed E-state index contributed by atoms with van der Waals surface area (Å²) in [7, 11) is 0. The molecule has 180 valence electrons. The number of furan rings is 1. The number of benzene rings is 2. The van der Waals surface area contributed by atoms with Gasteiger partial charge in [0.2, 0.25) is 5.91 Å². The van der Waals surface area contributed by atoms with Crippen LogP contribution < -0.4 is 10.2 Å². The Morgan fingerprint density at radius 1 is 0.971 bits per heavy atom. The molecule has 1 fully saturated rings. The van der Waals surface area contributed by atoms with Crippen molar-refractivity contribution in [2.75, 3.05) is 31.1 Å². The highest BCUT2D eigenvalue weighted by Gasteiger charge is 2.18. The van der Waals surface area contributed by atoms with Gasteiger partial charge in [0.1, 0.15) is 18.1 Å². The maximum atomic E-state index is 12.4. The molecular formula is C26H27ClN6O2. The minimum absolute atomic E-state index is 0.111. The summed E-state index contributed by atoms with van der Waals surface area (Å²) in [4.78, 5) is 17.2. The quantitative estimate of drug-likeness (QED) is 0.404. The van der Waals surface area contributed by atoms with E-state index in [-0.39, 0.29) is 12.5 Å². The van der Waals surface area contributed by atoms with Crippen molar-refractivity contribution in [1.82, 2.24) is 25.2 Å². The second kappa shape index (κ2) is 10.8. The summed E-state index contributed by atoms with van der Waals surface area (Å²) in [6.45, 7) is 5.02.